The Morgan fingerprint density at radius 3 is 1.04 bits per heavy atom. The molecule has 0 aliphatic heterocycles. The van der Waals surface area contributed by atoms with E-state index in [0.717, 1.165) is 24.3 Å². The molecule has 6 atom stereocenters. The fourth-order valence-electron chi connectivity index (χ4n) is 9.42. The van der Waals surface area contributed by atoms with E-state index in [-0.39, 0.29) is 24.0 Å². The minimum absolute atomic E-state index is 0.0244. The van der Waals surface area contributed by atoms with Gasteiger partial charge in [0.2, 0.25) is 0 Å². The van der Waals surface area contributed by atoms with Gasteiger partial charge in [0.05, 0.1) is 44.9 Å². The molecule has 54 heavy (non-hydrogen) atoms. The maximum absolute atomic E-state index is 15.0. The summed E-state index contributed by atoms with van der Waals surface area (Å²) in [6.45, 7) is 3.16. The minimum atomic E-state index is -1.76. The van der Waals surface area contributed by atoms with Crippen molar-refractivity contribution in [3.8, 4) is 23.0 Å². The van der Waals surface area contributed by atoms with Gasteiger partial charge in [-0.05, 0) is 48.9 Å². The predicted molar refractivity (Wildman–Crippen MR) is 186 cm³/mol. The molecule has 0 bridgehead atoms. The molecule has 0 aromatic heterocycles. The topological polar surface area (TPSA) is 297 Å². The molecule has 270 valence electrons. The van der Waals surface area contributed by atoms with Gasteiger partial charge in [0.25, 0.3) is 0 Å². The van der Waals surface area contributed by atoms with Crippen LogP contribution < -0.4 is 32.4 Å². The molecule has 0 saturated carbocycles. The monoisotopic (exact) mass is 730 g/mol. The Labute approximate surface area is 298 Å². The summed E-state index contributed by atoms with van der Waals surface area (Å²) in [5, 5.41) is 64.0. The maximum Gasteiger partial charge on any atom is 0.333 e. The number of carbonyl (C=O) groups is 2. The Bertz CT molecular complexity index is 2970. The van der Waals surface area contributed by atoms with Crippen molar-refractivity contribution in [2.75, 3.05) is 0 Å². The van der Waals surface area contributed by atoms with Crippen molar-refractivity contribution < 1.29 is 49.8 Å². The Morgan fingerprint density at radius 2 is 0.778 bits per heavy atom. The van der Waals surface area contributed by atoms with E-state index in [4.69, 9.17) is 0 Å². The van der Waals surface area contributed by atoms with Crippen molar-refractivity contribution in [3.05, 3.63) is 109 Å². The number of fused-ring (bicyclic) bond motifs is 8. The van der Waals surface area contributed by atoms with Crippen molar-refractivity contribution in [2.24, 2.45) is 23.7 Å². The predicted octanol–water partition coefficient (Wildman–Crippen LogP) is 1.02. The molecule has 2 aliphatic rings. The summed E-state index contributed by atoms with van der Waals surface area (Å²) in [5.74, 6) is -11.1. The highest BCUT2D eigenvalue weighted by Gasteiger charge is 2.57. The summed E-state index contributed by atoms with van der Waals surface area (Å²) in [6.07, 6.45) is -3.56. The molecule has 2 aliphatic carbocycles. The van der Waals surface area contributed by atoms with Gasteiger partial charge in [-0.25, -0.2) is 0 Å². The van der Waals surface area contributed by atoms with E-state index in [1.807, 2.05) is 0 Å². The second-order valence-corrected chi connectivity index (χ2v) is 13.8. The number of carbonyl (C=O) groups excluding carboxylic acids is 2. The summed E-state index contributed by atoms with van der Waals surface area (Å²) in [7, 11) is 0. The fourth-order valence-corrected chi connectivity index (χ4v) is 9.42. The number of phenolic OH excluding ortho intramolecular Hbond substituents is 4. The van der Waals surface area contributed by atoms with E-state index in [0.29, 0.717) is 0 Å². The van der Waals surface area contributed by atoms with Gasteiger partial charge in [-0.1, -0.05) is 13.8 Å². The second kappa shape index (κ2) is 11.4. The van der Waals surface area contributed by atoms with E-state index in [1.54, 1.807) is 13.8 Å². The van der Waals surface area contributed by atoms with Crippen LogP contribution >= 0.6 is 0 Å². The first-order valence-corrected chi connectivity index (χ1v) is 16.9. The van der Waals surface area contributed by atoms with Gasteiger partial charge in [-0.3, -0.25) is 28.8 Å². The smallest absolute Gasteiger partial charge is 0.333 e. The molecule has 0 amide bonds. The lowest BCUT2D eigenvalue weighted by molar-refractivity contribution is -0.0721. The minimum Gasteiger partial charge on any atom is -0.506 e. The summed E-state index contributed by atoms with van der Waals surface area (Å²) in [6, 6.07) is 3.41. The molecule has 0 saturated heterocycles. The van der Waals surface area contributed by atoms with Crippen LogP contribution in [0.3, 0.4) is 0 Å². The standard InChI is InChI=1S/C38H26N4O12/c1-3-9-15(33(49)21-23-27(29(41-39)25(21)31(9)47)37(53)19-13(45)7-5-11(43)17(19)35(23)51)16-10(4-2)32(48)26-22(34(16)50)24-28(30(26)42-40)38(54)20-14(46)8-6-12(44)18(20)36(24)52/h5-10,15-16,31-32,47-48,51-54H,3-4H2,1-2H3/t9-,10-,15-,16-,31+,32+/m1/s1. The fraction of sp³-hybridized carbons (Fsp3) is 0.263. The van der Waals surface area contributed by atoms with Crippen LogP contribution in [-0.2, 0) is 0 Å². The number of ketones is 2. The molecule has 0 fully saturated rings. The summed E-state index contributed by atoms with van der Waals surface area (Å²) < 4.78 is 0. The largest absolute Gasteiger partial charge is 0.506 e. The normalized spacial score (nSPS) is 22.5. The molecule has 6 aromatic carbocycles. The number of Topliss-reactive ketones (excluding diaryl/α,β-unsaturated/α-hetero) is 2. The molecule has 6 N–H and O–H groups in total. The van der Waals surface area contributed by atoms with Crippen molar-refractivity contribution in [3.63, 3.8) is 0 Å². The van der Waals surface area contributed by atoms with Crippen LogP contribution in [0.25, 0.3) is 54.2 Å². The van der Waals surface area contributed by atoms with E-state index in [9.17, 15) is 60.9 Å². The lowest BCUT2D eigenvalue weighted by Gasteiger charge is -2.43. The van der Waals surface area contributed by atoms with Crippen LogP contribution in [0.4, 0.5) is 0 Å². The highest BCUT2D eigenvalue weighted by Crippen LogP contribution is 2.55. The van der Waals surface area contributed by atoms with Gasteiger partial charge in [0.1, 0.15) is 33.8 Å². The summed E-state index contributed by atoms with van der Waals surface area (Å²) in [4.78, 5) is 88.0. The SMILES string of the molecule is CC[C@@H]1[C@H]([C@@H]2C(=O)c3c(c(=[N+]=[N-])c4c(O)c5c(=O)ccc(=O)c5c(O)c34)[C@@H](O)[C@@H]2CC)C(=O)c2c(c(=[N+]=[N-])c3c(O)c4c(=O)ccc(=O)c4c(O)c23)[C@H]1O. The third-order valence-corrected chi connectivity index (χ3v) is 11.6. The van der Waals surface area contributed by atoms with Gasteiger partial charge in [-0.2, -0.15) is 9.58 Å². The maximum atomic E-state index is 15.0. The highest BCUT2D eigenvalue weighted by molar-refractivity contribution is 6.24. The third kappa shape index (κ3) is 3.88. The number of hydrogen-bond acceptors (Lipinski definition) is 12. The zero-order valence-corrected chi connectivity index (χ0v) is 28.1. The van der Waals surface area contributed by atoms with Crippen molar-refractivity contribution >= 4 is 54.7 Å². The molecular weight excluding hydrogens is 704 g/mol. The number of rotatable bonds is 3. The molecule has 16 heteroatoms. The first-order valence-electron chi connectivity index (χ1n) is 16.9. The number of phenols is 4. The van der Waals surface area contributed by atoms with Crippen LogP contribution in [-0.4, -0.2) is 51.8 Å². The van der Waals surface area contributed by atoms with Gasteiger partial charge in [-0.15, -0.1) is 0 Å². The number of aliphatic hydroxyl groups excluding tert-OH is 2. The Kier molecular flexibility index (Phi) is 7.26. The molecule has 0 unspecified atom stereocenters. The first kappa shape index (κ1) is 34.4. The van der Waals surface area contributed by atoms with E-state index < -0.39 is 157 Å². The van der Waals surface area contributed by atoms with Gasteiger partial charge in [0, 0.05) is 33.7 Å². The van der Waals surface area contributed by atoms with Crippen LogP contribution in [0, 0.1) is 23.7 Å². The molecule has 16 nitrogen and oxygen atoms in total. The first-order chi connectivity index (χ1) is 25.7. The summed E-state index contributed by atoms with van der Waals surface area (Å²) in [5.41, 5.74) is 15.1. The second-order valence-electron chi connectivity index (χ2n) is 13.8. The lowest BCUT2D eigenvalue weighted by atomic mass is 9.59. The van der Waals surface area contributed by atoms with Crippen LogP contribution in [0.15, 0.2) is 43.4 Å². The van der Waals surface area contributed by atoms with E-state index >= 15 is 9.59 Å². The van der Waals surface area contributed by atoms with E-state index in [2.05, 4.69) is 9.58 Å². The number of aliphatic hydroxyl groups is 2. The average Bonchev–Trinajstić information content (AvgIpc) is 3.70. The molecule has 0 radical (unpaired) electrons. The zero-order valence-electron chi connectivity index (χ0n) is 28.1. The number of aromatic hydroxyl groups is 4. The van der Waals surface area contributed by atoms with Crippen molar-refractivity contribution in [2.45, 2.75) is 38.9 Å². The molecule has 8 rings (SSSR count). The van der Waals surface area contributed by atoms with Crippen LogP contribution in [0.5, 0.6) is 23.0 Å². The highest BCUT2D eigenvalue weighted by atomic mass is 16.3. The van der Waals surface area contributed by atoms with Gasteiger partial charge < -0.3 is 41.7 Å². The zero-order chi connectivity index (χ0) is 39.0. The van der Waals surface area contributed by atoms with Crippen LogP contribution in [0.2, 0.25) is 0 Å². The van der Waals surface area contributed by atoms with E-state index in [1.165, 1.54) is 0 Å². The molecular formula is C38H26N4O12. The number of benzene rings is 4. The lowest BCUT2D eigenvalue weighted by Crippen LogP contribution is -2.49. The van der Waals surface area contributed by atoms with Crippen molar-refractivity contribution in [1.29, 1.82) is 0 Å². The molecule has 0 spiro atoms. The van der Waals surface area contributed by atoms with Crippen molar-refractivity contribution in [1.82, 2.24) is 0 Å². The molecule has 6 aromatic rings. The Hall–Kier alpha value is -6.70. The number of nitrogens with zero attached hydrogens (tertiary/aromatic N) is 4. The van der Waals surface area contributed by atoms with Crippen LogP contribution in [0.1, 0.15) is 70.7 Å². The third-order valence-electron chi connectivity index (χ3n) is 11.6. The van der Waals surface area contributed by atoms with Gasteiger partial charge >= 0.3 is 10.7 Å². The summed E-state index contributed by atoms with van der Waals surface area (Å²) >= 11 is 0. The van der Waals surface area contributed by atoms with Gasteiger partial charge in [0.15, 0.2) is 33.3 Å². The Morgan fingerprint density at radius 1 is 0.500 bits per heavy atom. The average molecular weight is 731 g/mol. The Balaban J connectivity index is 1.48. The number of hydrogen-bond donors (Lipinski definition) is 6. The quantitative estimate of drug-likeness (QED) is 0.0845. The molecule has 0 heterocycles.